The summed E-state index contributed by atoms with van der Waals surface area (Å²) in [6, 6.07) is 58.0. The maximum Gasteiger partial charge on any atom is 0.417 e. The molecule has 0 aliphatic carbocycles. The molecule has 0 atom stereocenters. The first-order valence-corrected chi connectivity index (χ1v) is 23.1. The van der Waals surface area contributed by atoms with Gasteiger partial charge in [-0.3, -0.25) is 0 Å². The Morgan fingerprint density at radius 3 is 1.58 bits per heavy atom. The van der Waals surface area contributed by atoms with Crippen molar-refractivity contribution >= 4 is 43.7 Å². The standard InChI is InChI=1S/C61H38F6N4O/c1-35-17-23-45(51(29-35)61(65,66)67)42-19-25-47-46-24-18-41(44-26-22-43(30-36(44)2)60(62,63)64)33-53(46)71(54(47)34-42)52-27-20-39(40-21-28-56-49(31-40)48-15-9-10-16-55(48)72-56)32-50(52)59-69-57(37-11-5-3-6-12-37)68-58(70-59)38-13-7-4-8-14-38/h3-34H,1-2H3. The summed E-state index contributed by atoms with van der Waals surface area (Å²) in [4.78, 5) is 15.4. The Kier molecular flexibility index (Phi) is 10.4. The van der Waals surface area contributed by atoms with Crippen LogP contribution >= 0.6 is 0 Å². The zero-order valence-electron chi connectivity index (χ0n) is 38.4. The van der Waals surface area contributed by atoms with Gasteiger partial charge in [-0.1, -0.05) is 139 Å². The van der Waals surface area contributed by atoms with Crippen LogP contribution < -0.4 is 0 Å². The molecule has 11 heteroatoms. The quantitative estimate of drug-likeness (QED) is 0.149. The van der Waals surface area contributed by atoms with E-state index >= 15 is 0 Å². The summed E-state index contributed by atoms with van der Waals surface area (Å²) in [5.41, 5.74) is 8.08. The van der Waals surface area contributed by atoms with Gasteiger partial charge in [-0.15, -0.1) is 0 Å². The first-order valence-electron chi connectivity index (χ1n) is 23.1. The predicted octanol–water partition coefficient (Wildman–Crippen LogP) is 17.5. The number of para-hydroxylation sites is 1. The molecule has 0 aliphatic heterocycles. The van der Waals surface area contributed by atoms with Crippen molar-refractivity contribution in [2.24, 2.45) is 0 Å². The van der Waals surface area contributed by atoms with Crippen molar-refractivity contribution in [2.45, 2.75) is 26.2 Å². The van der Waals surface area contributed by atoms with Crippen LogP contribution in [-0.4, -0.2) is 19.5 Å². The molecule has 72 heavy (non-hydrogen) atoms. The number of fused-ring (bicyclic) bond motifs is 6. The van der Waals surface area contributed by atoms with Crippen LogP contribution in [0.5, 0.6) is 0 Å². The molecule has 0 bridgehead atoms. The summed E-state index contributed by atoms with van der Waals surface area (Å²) >= 11 is 0. The van der Waals surface area contributed by atoms with E-state index in [0.717, 1.165) is 73.2 Å². The highest BCUT2D eigenvalue weighted by Gasteiger charge is 2.34. The molecule has 0 saturated heterocycles. The van der Waals surface area contributed by atoms with Gasteiger partial charge in [-0.2, -0.15) is 26.3 Å². The van der Waals surface area contributed by atoms with Gasteiger partial charge in [-0.05, 0) is 113 Å². The minimum Gasteiger partial charge on any atom is -0.456 e. The number of furan rings is 1. The lowest BCUT2D eigenvalue weighted by atomic mass is 9.96. The van der Waals surface area contributed by atoms with E-state index in [0.29, 0.717) is 67.6 Å². The van der Waals surface area contributed by atoms with E-state index in [4.69, 9.17) is 19.4 Å². The van der Waals surface area contributed by atoms with E-state index in [1.54, 1.807) is 32.0 Å². The fraction of sp³-hybridized carbons (Fsp3) is 0.0656. The third-order valence-corrected chi connectivity index (χ3v) is 13.3. The van der Waals surface area contributed by atoms with Crippen LogP contribution in [0.1, 0.15) is 22.3 Å². The van der Waals surface area contributed by atoms with E-state index in [2.05, 4.69) is 6.07 Å². The molecule has 5 nitrogen and oxygen atoms in total. The molecule has 12 aromatic rings. The Bertz CT molecular complexity index is 4040. The Hall–Kier alpha value is -8.83. The number of benzene rings is 9. The molecular formula is C61H38F6N4O. The van der Waals surface area contributed by atoms with Crippen molar-refractivity contribution in [1.82, 2.24) is 19.5 Å². The third kappa shape index (κ3) is 7.83. The van der Waals surface area contributed by atoms with Crippen molar-refractivity contribution in [3.63, 3.8) is 0 Å². The van der Waals surface area contributed by atoms with Crippen LogP contribution in [-0.2, 0) is 12.4 Å². The van der Waals surface area contributed by atoms with Gasteiger partial charge in [-0.25, -0.2) is 15.0 Å². The fourth-order valence-corrected chi connectivity index (χ4v) is 9.85. The van der Waals surface area contributed by atoms with Crippen molar-refractivity contribution in [2.75, 3.05) is 0 Å². The minimum absolute atomic E-state index is 0.0167. The van der Waals surface area contributed by atoms with Crippen molar-refractivity contribution < 1.29 is 30.8 Å². The van der Waals surface area contributed by atoms with Gasteiger partial charge in [0.15, 0.2) is 17.5 Å². The minimum atomic E-state index is -4.64. The topological polar surface area (TPSA) is 56.7 Å². The van der Waals surface area contributed by atoms with Crippen LogP contribution in [0.25, 0.3) is 117 Å². The monoisotopic (exact) mass is 956 g/mol. The number of aromatic nitrogens is 4. The van der Waals surface area contributed by atoms with Crippen molar-refractivity contribution in [1.29, 1.82) is 0 Å². The largest absolute Gasteiger partial charge is 0.456 e. The second-order valence-electron chi connectivity index (χ2n) is 18.0. The summed E-state index contributed by atoms with van der Waals surface area (Å²) in [5, 5.41) is 3.40. The summed E-state index contributed by atoms with van der Waals surface area (Å²) in [6.07, 6.45) is -9.17. The summed E-state index contributed by atoms with van der Waals surface area (Å²) in [6.45, 7) is 3.27. The average Bonchev–Trinajstić information content (AvgIpc) is 3.93. The highest BCUT2D eigenvalue weighted by Crippen LogP contribution is 2.44. The number of halogens is 6. The van der Waals surface area contributed by atoms with Gasteiger partial charge in [0.2, 0.25) is 0 Å². The maximum absolute atomic E-state index is 14.8. The van der Waals surface area contributed by atoms with Gasteiger partial charge < -0.3 is 8.98 Å². The number of hydrogen-bond donors (Lipinski definition) is 0. The molecule has 0 unspecified atom stereocenters. The predicted molar refractivity (Wildman–Crippen MR) is 274 cm³/mol. The van der Waals surface area contributed by atoms with Gasteiger partial charge >= 0.3 is 12.4 Å². The lowest BCUT2D eigenvalue weighted by Gasteiger charge is -2.18. The average molecular weight is 957 g/mol. The van der Waals surface area contributed by atoms with E-state index in [9.17, 15) is 26.3 Å². The zero-order chi connectivity index (χ0) is 49.5. The Labute approximate surface area is 408 Å². The van der Waals surface area contributed by atoms with Gasteiger partial charge in [0.05, 0.1) is 27.8 Å². The summed E-state index contributed by atoms with van der Waals surface area (Å²) in [5.74, 6) is 1.17. The number of rotatable bonds is 7. The molecule has 0 N–H and O–H groups in total. The van der Waals surface area contributed by atoms with Crippen LogP contribution in [0.3, 0.4) is 0 Å². The highest BCUT2D eigenvalue weighted by atomic mass is 19.4. The lowest BCUT2D eigenvalue weighted by Crippen LogP contribution is -2.07. The van der Waals surface area contributed by atoms with Crippen LogP contribution in [0.4, 0.5) is 26.3 Å². The Balaban J connectivity index is 1.17. The van der Waals surface area contributed by atoms with Crippen LogP contribution in [0, 0.1) is 13.8 Å². The number of hydrogen-bond acceptors (Lipinski definition) is 4. The first-order chi connectivity index (χ1) is 34.7. The lowest BCUT2D eigenvalue weighted by molar-refractivity contribution is -0.138. The van der Waals surface area contributed by atoms with Crippen LogP contribution in [0.2, 0.25) is 0 Å². The van der Waals surface area contributed by atoms with Gasteiger partial charge in [0, 0.05) is 38.2 Å². The molecule has 3 heterocycles. The zero-order valence-corrected chi connectivity index (χ0v) is 38.4. The van der Waals surface area contributed by atoms with E-state index < -0.39 is 23.5 Å². The first kappa shape index (κ1) is 44.4. The van der Waals surface area contributed by atoms with E-state index in [1.165, 1.54) is 12.1 Å². The van der Waals surface area contributed by atoms with Crippen molar-refractivity contribution in [3.8, 4) is 73.2 Å². The highest BCUT2D eigenvalue weighted by molar-refractivity contribution is 6.12. The molecule has 12 rings (SSSR count). The number of alkyl halides is 6. The van der Waals surface area contributed by atoms with Gasteiger partial charge in [0.25, 0.3) is 0 Å². The molecule has 0 amide bonds. The molecule has 0 spiro atoms. The Morgan fingerprint density at radius 1 is 0.389 bits per heavy atom. The van der Waals surface area contributed by atoms with E-state index in [1.807, 2.05) is 144 Å². The Morgan fingerprint density at radius 2 is 0.944 bits per heavy atom. The number of aryl methyl sites for hydroxylation is 2. The number of nitrogens with zero attached hydrogens (tertiary/aromatic N) is 4. The molecule has 9 aromatic carbocycles. The molecule has 350 valence electrons. The van der Waals surface area contributed by atoms with Gasteiger partial charge in [0.1, 0.15) is 11.2 Å². The molecule has 0 aliphatic rings. The molecule has 3 aromatic heterocycles. The molecular weight excluding hydrogens is 919 g/mol. The maximum atomic E-state index is 14.8. The smallest absolute Gasteiger partial charge is 0.417 e. The molecule has 0 saturated carbocycles. The SMILES string of the molecule is Cc1ccc(-c2ccc3c4ccc(-c5ccc(C(F)(F)F)cc5C)cc4n(-c4ccc(-c5ccc6oc7ccccc7c6c5)cc4-c4nc(-c5ccccc5)nc(-c5ccccc5)n4)c3c2)c(C(F)(F)F)c1. The van der Waals surface area contributed by atoms with Crippen LogP contribution in [0.15, 0.2) is 199 Å². The van der Waals surface area contributed by atoms with E-state index in [-0.39, 0.29) is 5.56 Å². The third-order valence-electron chi connectivity index (χ3n) is 13.3. The molecule has 0 radical (unpaired) electrons. The fourth-order valence-electron chi connectivity index (χ4n) is 9.85. The van der Waals surface area contributed by atoms with Crippen molar-refractivity contribution in [3.05, 3.63) is 216 Å². The second kappa shape index (κ2) is 16.9. The second-order valence-corrected chi connectivity index (χ2v) is 18.0. The summed E-state index contributed by atoms with van der Waals surface area (Å²) < 4.78 is 94.5. The normalized spacial score (nSPS) is 12.2. The summed E-state index contributed by atoms with van der Waals surface area (Å²) in [7, 11) is 0. The molecule has 0 fully saturated rings.